The number of primary sulfonamides is 1. The lowest BCUT2D eigenvalue weighted by atomic mass is 10.1. The quantitative estimate of drug-likeness (QED) is 0.518. The summed E-state index contributed by atoms with van der Waals surface area (Å²) in [7, 11) is -2.18. The van der Waals surface area contributed by atoms with Gasteiger partial charge in [-0.05, 0) is 30.7 Å². The van der Waals surface area contributed by atoms with E-state index in [9.17, 15) is 13.2 Å². The van der Waals surface area contributed by atoms with Crippen LogP contribution in [0.1, 0.15) is 28.9 Å². The van der Waals surface area contributed by atoms with E-state index >= 15 is 0 Å². The van der Waals surface area contributed by atoms with E-state index in [0.717, 1.165) is 11.3 Å². The number of benzene rings is 2. The third kappa shape index (κ3) is 3.92. The van der Waals surface area contributed by atoms with Crippen LogP contribution in [-0.2, 0) is 10.0 Å². The fourth-order valence-electron chi connectivity index (χ4n) is 3.41. The van der Waals surface area contributed by atoms with Crippen LogP contribution in [-0.4, -0.2) is 40.9 Å². The molecule has 0 radical (unpaired) electrons. The van der Waals surface area contributed by atoms with Crippen LogP contribution in [0.5, 0.6) is 0 Å². The molecular weight excluding hydrogens is 414 g/mol. The second kappa shape index (κ2) is 7.93. The molecule has 2 heterocycles. The maximum atomic E-state index is 13.3. The van der Waals surface area contributed by atoms with Gasteiger partial charge >= 0.3 is 0 Å². The summed E-state index contributed by atoms with van der Waals surface area (Å²) in [6, 6.07) is 17.4. The number of nitrogens with two attached hydrogens (primary N) is 1. The molecular formula is C22H21N5O3S. The van der Waals surface area contributed by atoms with Crippen LogP contribution in [0.4, 0.5) is 0 Å². The summed E-state index contributed by atoms with van der Waals surface area (Å²) in [5, 5.41) is 9.62. The van der Waals surface area contributed by atoms with Gasteiger partial charge in [0.15, 0.2) is 5.65 Å². The van der Waals surface area contributed by atoms with Crippen LogP contribution in [0.15, 0.2) is 78.0 Å². The molecule has 2 N–H and O–H groups in total. The van der Waals surface area contributed by atoms with E-state index in [4.69, 9.17) is 5.14 Å². The van der Waals surface area contributed by atoms with Crippen molar-refractivity contribution in [3.05, 3.63) is 84.2 Å². The van der Waals surface area contributed by atoms with Gasteiger partial charge in [0.1, 0.15) is 5.56 Å². The van der Waals surface area contributed by atoms with Crippen molar-refractivity contribution in [2.75, 3.05) is 7.05 Å². The molecule has 1 unspecified atom stereocenters. The Bertz CT molecular complexity index is 1370. The SMILES string of the molecule is CC(c1cccc(S(N)(=O)=O)c1)N(C)C(=O)c1cnn2c(-c3ccccc3)ccnc12. The summed E-state index contributed by atoms with van der Waals surface area (Å²) in [6.45, 7) is 1.81. The Kier molecular flexibility index (Phi) is 5.30. The van der Waals surface area contributed by atoms with Gasteiger partial charge in [-0.15, -0.1) is 0 Å². The molecule has 0 saturated heterocycles. The Morgan fingerprint density at radius 2 is 1.84 bits per heavy atom. The number of rotatable bonds is 5. The molecule has 0 aliphatic rings. The Balaban J connectivity index is 1.68. The molecule has 0 saturated carbocycles. The van der Waals surface area contributed by atoms with Crippen molar-refractivity contribution in [1.82, 2.24) is 19.5 Å². The molecule has 31 heavy (non-hydrogen) atoms. The average molecular weight is 436 g/mol. The van der Waals surface area contributed by atoms with Gasteiger partial charge in [-0.2, -0.15) is 5.10 Å². The minimum Gasteiger partial charge on any atom is -0.335 e. The fraction of sp³-hybridized carbons (Fsp3) is 0.136. The highest BCUT2D eigenvalue weighted by molar-refractivity contribution is 7.89. The van der Waals surface area contributed by atoms with E-state index in [1.54, 1.807) is 29.9 Å². The minimum absolute atomic E-state index is 0.00264. The van der Waals surface area contributed by atoms with Gasteiger partial charge in [-0.1, -0.05) is 42.5 Å². The van der Waals surface area contributed by atoms with Gasteiger partial charge in [0.05, 0.1) is 22.8 Å². The standard InChI is InChI=1S/C22H21N5O3S/c1-15(17-9-6-10-18(13-17)31(23,29)30)26(2)22(28)19-14-25-27-20(11-12-24-21(19)27)16-7-4-3-5-8-16/h3-15H,1-2H3,(H2,23,29,30). The van der Waals surface area contributed by atoms with E-state index in [-0.39, 0.29) is 10.8 Å². The van der Waals surface area contributed by atoms with Gasteiger partial charge in [-0.3, -0.25) is 4.79 Å². The summed E-state index contributed by atoms with van der Waals surface area (Å²) in [5.41, 5.74) is 3.23. The largest absolute Gasteiger partial charge is 0.335 e. The van der Waals surface area contributed by atoms with Gasteiger partial charge in [0, 0.05) is 18.8 Å². The molecule has 4 aromatic rings. The molecule has 8 nitrogen and oxygen atoms in total. The first kappa shape index (κ1) is 20.7. The first-order valence-electron chi connectivity index (χ1n) is 9.55. The van der Waals surface area contributed by atoms with E-state index in [1.807, 2.05) is 43.3 Å². The Hall–Kier alpha value is -3.56. The molecule has 0 spiro atoms. The number of nitrogens with zero attached hydrogens (tertiary/aromatic N) is 4. The van der Waals surface area contributed by atoms with E-state index < -0.39 is 16.1 Å². The van der Waals surface area contributed by atoms with Crippen LogP contribution in [0, 0.1) is 0 Å². The van der Waals surface area contributed by atoms with Crippen LogP contribution >= 0.6 is 0 Å². The van der Waals surface area contributed by atoms with Crippen LogP contribution in [0.2, 0.25) is 0 Å². The molecule has 0 bridgehead atoms. The summed E-state index contributed by atoms with van der Waals surface area (Å²) < 4.78 is 25.0. The molecule has 0 fully saturated rings. The lowest BCUT2D eigenvalue weighted by molar-refractivity contribution is 0.0744. The molecule has 2 aromatic carbocycles. The van der Waals surface area contributed by atoms with Gasteiger partial charge in [-0.25, -0.2) is 23.1 Å². The number of sulfonamides is 1. The maximum Gasteiger partial charge on any atom is 0.259 e. The monoisotopic (exact) mass is 435 g/mol. The number of carbonyl (C=O) groups excluding carboxylic acids is 1. The van der Waals surface area contributed by atoms with E-state index in [1.165, 1.54) is 23.2 Å². The van der Waals surface area contributed by atoms with E-state index in [2.05, 4.69) is 10.1 Å². The smallest absolute Gasteiger partial charge is 0.259 e. The number of amides is 1. The molecule has 4 rings (SSSR count). The number of fused-ring (bicyclic) bond motifs is 1. The van der Waals surface area contributed by atoms with Gasteiger partial charge in [0.25, 0.3) is 5.91 Å². The predicted molar refractivity (Wildman–Crippen MR) is 117 cm³/mol. The highest BCUT2D eigenvalue weighted by Gasteiger charge is 2.24. The van der Waals surface area contributed by atoms with Crippen LogP contribution in [0.25, 0.3) is 16.9 Å². The second-order valence-corrected chi connectivity index (χ2v) is 8.76. The molecule has 9 heteroatoms. The number of hydrogen-bond donors (Lipinski definition) is 1. The van der Waals surface area contributed by atoms with Crippen LogP contribution in [0.3, 0.4) is 0 Å². The zero-order valence-corrected chi connectivity index (χ0v) is 17.8. The highest BCUT2D eigenvalue weighted by Crippen LogP contribution is 2.25. The third-order valence-corrected chi connectivity index (χ3v) is 6.18. The first-order chi connectivity index (χ1) is 14.8. The number of carbonyl (C=O) groups is 1. The number of aromatic nitrogens is 3. The summed E-state index contributed by atoms with van der Waals surface area (Å²) in [6.07, 6.45) is 3.15. The van der Waals surface area contributed by atoms with Crippen molar-refractivity contribution in [3.8, 4) is 11.3 Å². The van der Waals surface area contributed by atoms with Crippen molar-refractivity contribution >= 4 is 21.6 Å². The molecule has 2 aromatic heterocycles. The Morgan fingerprint density at radius 3 is 2.55 bits per heavy atom. The van der Waals surface area contributed by atoms with Crippen molar-refractivity contribution in [1.29, 1.82) is 0 Å². The zero-order chi connectivity index (χ0) is 22.2. The Labute approximate surface area is 180 Å². The molecule has 158 valence electrons. The zero-order valence-electron chi connectivity index (χ0n) is 17.0. The van der Waals surface area contributed by atoms with Crippen LogP contribution < -0.4 is 5.14 Å². The molecule has 0 aliphatic heterocycles. The normalized spacial score (nSPS) is 12.6. The summed E-state index contributed by atoms with van der Waals surface area (Å²) >= 11 is 0. The van der Waals surface area contributed by atoms with Gasteiger partial charge < -0.3 is 4.90 Å². The Morgan fingerprint density at radius 1 is 1.10 bits per heavy atom. The van der Waals surface area contributed by atoms with Gasteiger partial charge in [0.2, 0.25) is 10.0 Å². The maximum absolute atomic E-state index is 13.3. The van der Waals surface area contributed by atoms with Crippen molar-refractivity contribution in [2.24, 2.45) is 5.14 Å². The third-order valence-electron chi connectivity index (χ3n) is 5.27. The fourth-order valence-corrected chi connectivity index (χ4v) is 3.98. The predicted octanol–water partition coefficient (Wildman–Crippen LogP) is 2.88. The summed E-state index contributed by atoms with van der Waals surface area (Å²) in [5.74, 6) is -0.277. The lowest BCUT2D eigenvalue weighted by Crippen LogP contribution is -2.30. The first-order valence-corrected chi connectivity index (χ1v) is 11.1. The minimum atomic E-state index is -3.83. The van der Waals surface area contributed by atoms with Crippen molar-refractivity contribution < 1.29 is 13.2 Å². The van der Waals surface area contributed by atoms with Crippen molar-refractivity contribution in [3.63, 3.8) is 0 Å². The lowest BCUT2D eigenvalue weighted by Gasteiger charge is -2.25. The molecule has 1 atom stereocenters. The highest BCUT2D eigenvalue weighted by atomic mass is 32.2. The topological polar surface area (TPSA) is 111 Å². The summed E-state index contributed by atoms with van der Waals surface area (Å²) in [4.78, 5) is 19.1. The second-order valence-electron chi connectivity index (χ2n) is 7.20. The van der Waals surface area contributed by atoms with Crippen molar-refractivity contribution in [2.45, 2.75) is 17.9 Å². The molecule has 0 aliphatic carbocycles. The average Bonchev–Trinajstić information content (AvgIpc) is 3.22. The van der Waals surface area contributed by atoms with E-state index in [0.29, 0.717) is 16.8 Å². The number of hydrogen-bond acceptors (Lipinski definition) is 5. The molecule has 1 amide bonds.